The topological polar surface area (TPSA) is 138 Å². The number of alkyl carbamates (subject to hydrolysis) is 1. The average Bonchev–Trinajstić information content (AvgIpc) is 3.60. The Balaban J connectivity index is 1.79. The van der Waals surface area contributed by atoms with Crippen molar-refractivity contribution < 1.29 is 28.9 Å². The number of hydrogen-bond donors (Lipinski definition) is 2. The van der Waals surface area contributed by atoms with Crippen LogP contribution in [0.1, 0.15) is 70.8 Å². The number of rotatable bonds is 12. The summed E-state index contributed by atoms with van der Waals surface area (Å²) in [6.07, 6.45) is 1.54. The molecule has 2 N–H and O–H groups in total. The van der Waals surface area contributed by atoms with E-state index in [1.807, 2.05) is 38.3 Å². The Bertz CT molecular complexity index is 1690. The van der Waals surface area contributed by atoms with E-state index in [9.17, 15) is 14.7 Å². The highest BCUT2D eigenvalue weighted by molar-refractivity contribution is 7.10. The summed E-state index contributed by atoms with van der Waals surface area (Å²) in [5.41, 5.74) is 5.79. The number of hydrogen-bond acceptors (Lipinski definition) is 10. The van der Waals surface area contributed by atoms with E-state index < -0.39 is 29.1 Å². The number of amides is 1. The maximum atomic E-state index is 12.5. The molecule has 248 valence electrons. The van der Waals surface area contributed by atoms with Crippen molar-refractivity contribution in [3.63, 3.8) is 0 Å². The van der Waals surface area contributed by atoms with Crippen molar-refractivity contribution in [3.05, 3.63) is 52.1 Å². The van der Waals surface area contributed by atoms with Gasteiger partial charge in [-0.3, -0.25) is 4.98 Å². The largest absolute Gasteiger partial charge is 0.467 e. The van der Waals surface area contributed by atoms with Crippen LogP contribution in [0.25, 0.3) is 33.7 Å². The molecule has 2 atom stereocenters. The zero-order valence-corrected chi connectivity index (χ0v) is 28.9. The van der Waals surface area contributed by atoms with Gasteiger partial charge < -0.3 is 29.2 Å². The number of thiazole rings is 1. The van der Waals surface area contributed by atoms with Gasteiger partial charge in [0, 0.05) is 49.4 Å². The molecule has 0 aliphatic heterocycles. The number of aliphatic hydroxyl groups is 1. The minimum Gasteiger partial charge on any atom is -0.467 e. The number of esters is 1. The molecule has 0 saturated carbocycles. The minimum atomic E-state index is -0.967. The first kappa shape index (κ1) is 35.0. The Morgan fingerprint density at radius 1 is 1.09 bits per heavy atom. The first-order valence-corrected chi connectivity index (χ1v) is 16.2. The molecule has 0 saturated heterocycles. The van der Waals surface area contributed by atoms with Gasteiger partial charge in [-0.1, -0.05) is 13.8 Å². The van der Waals surface area contributed by atoms with E-state index in [4.69, 9.17) is 29.2 Å². The van der Waals surface area contributed by atoms with Crippen LogP contribution in [0, 0.1) is 5.41 Å². The highest BCUT2D eigenvalue weighted by atomic mass is 32.1. The third kappa shape index (κ3) is 7.91. The zero-order valence-electron chi connectivity index (χ0n) is 28.1. The molecular formula is C34H45N5O6S. The molecule has 4 aromatic rings. The standard InChI is InChI=1S/C34H45N5O6S/c1-10-39-26-14-13-23(25-18-46-27(36-25)16-24(31(41)44-9)38-32(42)45-33(3,4)5)37-29(26)22(17-34(6,7)19-40)30(39)21-12-11-15-35-28(21)20(2)43-8/h11-15,18,20,24,40H,10,16-17,19H2,1-9H3,(H,38,42)/t20-,24-/m0/s1. The summed E-state index contributed by atoms with van der Waals surface area (Å²) in [4.78, 5) is 39.6. The van der Waals surface area contributed by atoms with Gasteiger partial charge in [0.05, 0.1) is 52.0 Å². The molecule has 0 bridgehead atoms. The number of nitrogens with one attached hydrogen (secondary N) is 1. The number of aryl methyl sites for hydroxylation is 1. The van der Waals surface area contributed by atoms with Crippen molar-refractivity contribution in [3.8, 4) is 22.6 Å². The predicted octanol–water partition coefficient (Wildman–Crippen LogP) is 6.12. The number of methoxy groups -OCH3 is 2. The van der Waals surface area contributed by atoms with Gasteiger partial charge in [-0.25, -0.2) is 19.6 Å². The van der Waals surface area contributed by atoms with Crippen LogP contribution in [-0.2, 0) is 38.4 Å². The zero-order chi connectivity index (χ0) is 33.8. The molecule has 1 amide bonds. The van der Waals surface area contributed by atoms with Crippen molar-refractivity contribution in [1.29, 1.82) is 0 Å². The van der Waals surface area contributed by atoms with Crippen LogP contribution in [0.2, 0.25) is 0 Å². The van der Waals surface area contributed by atoms with Gasteiger partial charge in [-0.2, -0.15) is 0 Å². The van der Waals surface area contributed by atoms with Crippen LogP contribution in [-0.4, -0.2) is 69.2 Å². The number of aliphatic hydroxyl groups excluding tert-OH is 1. The maximum Gasteiger partial charge on any atom is 0.408 e. The fourth-order valence-corrected chi connectivity index (χ4v) is 6.14. The van der Waals surface area contributed by atoms with E-state index >= 15 is 0 Å². The van der Waals surface area contributed by atoms with Crippen molar-refractivity contribution in [2.45, 2.75) is 85.6 Å². The SMILES string of the molecule is CCn1c(-c2cccnc2[C@H](C)OC)c(CC(C)(C)CO)c2nc(-c3csc(C[C@H](NC(=O)OC(C)(C)C)C(=O)OC)n3)ccc21. The Hall–Kier alpha value is -3.87. The van der Waals surface area contributed by atoms with Gasteiger partial charge in [0.25, 0.3) is 0 Å². The molecule has 4 heterocycles. The molecule has 0 aromatic carbocycles. The van der Waals surface area contributed by atoms with E-state index in [1.165, 1.54) is 18.4 Å². The van der Waals surface area contributed by atoms with Gasteiger partial charge in [0.2, 0.25) is 0 Å². The first-order chi connectivity index (χ1) is 21.7. The van der Waals surface area contributed by atoms with Gasteiger partial charge in [-0.05, 0) is 70.7 Å². The number of nitrogens with zero attached hydrogens (tertiary/aromatic N) is 4. The molecule has 0 fully saturated rings. The molecule has 12 heteroatoms. The minimum absolute atomic E-state index is 0.00738. The third-order valence-corrected chi connectivity index (χ3v) is 8.48. The lowest BCUT2D eigenvalue weighted by molar-refractivity contribution is -0.143. The molecule has 0 aliphatic rings. The summed E-state index contributed by atoms with van der Waals surface area (Å²) in [5, 5.41) is 15.4. The number of carbonyl (C=O) groups excluding carboxylic acids is 2. The van der Waals surface area contributed by atoms with Gasteiger partial charge >= 0.3 is 12.1 Å². The Morgan fingerprint density at radius 2 is 1.83 bits per heavy atom. The Kier molecular flexibility index (Phi) is 10.9. The summed E-state index contributed by atoms with van der Waals surface area (Å²) < 4.78 is 18.2. The van der Waals surface area contributed by atoms with E-state index in [0.29, 0.717) is 29.4 Å². The summed E-state index contributed by atoms with van der Waals surface area (Å²) in [7, 11) is 2.94. The van der Waals surface area contributed by atoms with Crippen molar-refractivity contribution in [2.24, 2.45) is 5.41 Å². The van der Waals surface area contributed by atoms with E-state index in [0.717, 1.165) is 33.5 Å². The lowest BCUT2D eigenvalue weighted by atomic mass is 9.85. The summed E-state index contributed by atoms with van der Waals surface area (Å²) in [6.45, 7) is 14.1. The highest BCUT2D eigenvalue weighted by Crippen LogP contribution is 2.40. The lowest BCUT2D eigenvalue weighted by Crippen LogP contribution is -2.45. The molecule has 0 aliphatic carbocycles. The monoisotopic (exact) mass is 651 g/mol. The maximum absolute atomic E-state index is 12.5. The summed E-state index contributed by atoms with van der Waals surface area (Å²) >= 11 is 1.37. The number of fused-ring (bicyclic) bond motifs is 1. The molecule has 0 spiro atoms. The van der Waals surface area contributed by atoms with E-state index in [2.05, 4.69) is 28.9 Å². The van der Waals surface area contributed by atoms with E-state index in [1.54, 1.807) is 34.1 Å². The number of aromatic nitrogens is 4. The second-order valence-corrected chi connectivity index (χ2v) is 13.9. The second kappa shape index (κ2) is 14.3. The molecule has 11 nitrogen and oxygen atoms in total. The van der Waals surface area contributed by atoms with Crippen LogP contribution >= 0.6 is 11.3 Å². The van der Waals surface area contributed by atoms with Gasteiger partial charge in [-0.15, -0.1) is 11.3 Å². The molecule has 46 heavy (non-hydrogen) atoms. The predicted molar refractivity (Wildman–Crippen MR) is 179 cm³/mol. The molecule has 4 rings (SSSR count). The highest BCUT2D eigenvalue weighted by Gasteiger charge is 2.29. The Labute approximate surface area is 274 Å². The van der Waals surface area contributed by atoms with E-state index in [-0.39, 0.29) is 19.1 Å². The summed E-state index contributed by atoms with van der Waals surface area (Å²) in [5.74, 6) is -0.593. The second-order valence-electron chi connectivity index (χ2n) is 13.0. The average molecular weight is 652 g/mol. The van der Waals surface area contributed by atoms with Crippen molar-refractivity contribution in [1.82, 2.24) is 24.8 Å². The molecule has 0 unspecified atom stereocenters. The Morgan fingerprint density at radius 3 is 2.46 bits per heavy atom. The molecular weight excluding hydrogens is 606 g/mol. The molecule has 4 aromatic heterocycles. The summed E-state index contributed by atoms with van der Waals surface area (Å²) in [6, 6.07) is 7.01. The van der Waals surface area contributed by atoms with Crippen LogP contribution in [0.5, 0.6) is 0 Å². The van der Waals surface area contributed by atoms with Crippen molar-refractivity contribution >= 4 is 34.4 Å². The third-order valence-electron chi connectivity index (χ3n) is 7.61. The number of ether oxygens (including phenoxy) is 3. The van der Waals surface area contributed by atoms with Crippen LogP contribution < -0.4 is 5.32 Å². The first-order valence-electron chi connectivity index (χ1n) is 15.3. The molecule has 0 radical (unpaired) electrons. The normalized spacial score (nSPS) is 13.4. The number of carbonyl (C=O) groups is 2. The van der Waals surface area contributed by atoms with Crippen molar-refractivity contribution in [2.75, 3.05) is 20.8 Å². The van der Waals surface area contributed by atoms with Gasteiger partial charge in [0.15, 0.2) is 0 Å². The lowest BCUT2D eigenvalue weighted by Gasteiger charge is -2.23. The quantitative estimate of drug-likeness (QED) is 0.174. The van der Waals surface area contributed by atoms with Crippen LogP contribution in [0.15, 0.2) is 35.8 Å². The number of pyridine rings is 2. The smallest absolute Gasteiger partial charge is 0.408 e. The van der Waals surface area contributed by atoms with Crippen LogP contribution in [0.4, 0.5) is 4.79 Å². The van der Waals surface area contributed by atoms with Crippen LogP contribution in [0.3, 0.4) is 0 Å². The van der Waals surface area contributed by atoms with Gasteiger partial charge in [0.1, 0.15) is 11.6 Å². The fourth-order valence-electron chi connectivity index (χ4n) is 5.30. The fraction of sp³-hybridized carbons (Fsp3) is 0.500.